The first-order valence-corrected chi connectivity index (χ1v) is 8.52. The number of nitrogens with two attached hydrogens (primary N) is 1. The predicted molar refractivity (Wildman–Crippen MR) is 102 cm³/mol. The third kappa shape index (κ3) is 3.64. The largest absolute Gasteiger partial charge is 0.435 e. The summed E-state index contributed by atoms with van der Waals surface area (Å²) in [5, 5.41) is 2.88. The molecule has 2 heterocycles. The summed E-state index contributed by atoms with van der Waals surface area (Å²) in [6.45, 7) is -1.18. The summed E-state index contributed by atoms with van der Waals surface area (Å²) in [7, 11) is 0. The van der Waals surface area contributed by atoms with E-state index in [9.17, 15) is 13.2 Å². The molecule has 0 unspecified atom stereocenters. The van der Waals surface area contributed by atoms with Crippen molar-refractivity contribution in [3.63, 3.8) is 0 Å². The Hall–Kier alpha value is -3.82. The number of nitrogens with one attached hydrogen (secondary N) is 1. The van der Waals surface area contributed by atoms with Crippen LogP contribution in [0.4, 0.5) is 30.6 Å². The van der Waals surface area contributed by atoms with Crippen molar-refractivity contribution in [2.45, 2.75) is 13.5 Å². The molecule has 0 saturated carbocycles. The molecule has 148 valence electrons. The van der Waals surface area contributed by atoms with Crippen molar-refractivity contribution in [1.82, 2.24) is 19.5 Å². The number of anilines is 3. The standard InChI is InChI=1S/C19H15F3N6O/c1-10-24-13-4-2-3-5-14(13)28(10)17-15(20)16(23)26-19(27-17)25-11-6-8-12(9-7-11)29-18(21)22/h2-9,18H,1H3,(H3,23,25,26,27). The van der Waals surface area contributed by atoms with Crippen LogP contribution in [0.25, 0.3) is 16.9 Å². The zero-order valence-electron chi connectivity index (χ0n) is 15.1. The summed E-state index contributed by atoms with van der Waals surface area (Å²) >= 11 is 0. The molecule has 0 aliphatic carbocycles. The van der Waals surface area contributed by atoms with Crippen molar-refractivity contribution >= 4 is 28.5 Å². The number of benzene rings is 2. The van der Waals surface area contributed by atoms with Crippen molar-refractivity contribution in [2.75, 3.05) is 11.1 Å². The maximum absolute atomic E-state index is 14.8. The summed E-state index contributed by atoms with van der Waals surface area (Å²) in [6, 6.07) is 13.0. The van der Waals surface area contributed by atoms with E-state index in [4.69, 9.17) is 5.73 Å². The predicted octanol–water partition coefficient (Wildman–Crippen LogP) is 4.19. The highest BCUT2D eigenvalue weighted by Crippen LogP contribution is 2.26. The smallest absolute Gasteiger partial charge is 0.387 e. The first kappa shape index (κ1) is 18.5. The Kier molecular flexibility index (Phi) is 4.67. The fraction of sp³-hybridized carbons (Fsp3) is 0.105. The third-order valence-electron chi connectivity index (χ3n) is 4.14. The topological polar surface area (TPSA) is 90.9 Å². The number of hydrogen-bond donors (Lipinski definition) is 2. The van der Waals surface area contributed by atoms with Crippen LogP contribution in [0, 0.1) is 12.7 Å². The van der Waals surface area contributed by atoms with Gasteiger partial charge in [0.05, 0.1) is 11.0 Å². The molecule has 0 amide bonds. The maximum atomic E-state index is 14.8. The van der Waals surface area contributed by atoms with Crippen LogP contribution in [0.3, 0.4) is 0 Å². The lowest BCUT2D eigenvalue weighted by Gasteiger charge is -2.12. The summed E-state index contributed by atoms with van der Waals surface area (Å²) in [4.78, 5) is 12.6. The second-order valence-electron chi connectivity index (χ2n) is 6.08. The first-order chi connectivity index (χ1) is 13.9. The van der Waals surface area contributed by atoms with E-state index in [1.807, 2.05) is 18.2 Å². The van der Waals surface area contributed by atoms with E-state index in [0.717, 1.165) is 0 Å². The molecule has 2 aromatic carbocycles. The van der Waals surface area contributed by atoms with Gasteiger partial charge in [-0.25, -0.2) is 4.98 Å². The second-order valence-corrected chi connectivity index (χ2v) is 6.08. The molecule has 0 spiro atoms. The fourth-order valence-corrected chi connectivity index (χ4v) is 2.92. The first-order valence-electron chi connectivity index (χ1n) is 8.52. The normalized spacial score (nSPS) is 11.2. The van der Waals surface area contributed by atoms with Gasteiger partial charge >= 0.3 is 6.61 Å². The summed E-state index contributed by atoms with van der Waals surface area (Å²) in [5.74, 6) is -0.591. The number of hydrogen-bond acceptors (Lipinski definition) is 6. The average molecular weight is 400 g/mol. The maximum Gasteiger partial charge on any atom is 0.387 e. The average Bonchev–Trinajstić information content (AvgIpc) is 3.01. The number of alkyl halides is 2. The lowest BCUT2D eigenvalue weighted by molar-refractivity contribution is -0.0498. The number of imidazole rings is 1. The van der Waals surface area contributed by atoms with E-state index in [2.05, 4.69) is 25.0 Å². The Labute approximate surface area is 163 Å². The van der Waals surface area contributed by atoms with Gasteiger partial charge in [-0.3, -0.25) is 4.57 Å². The number of rotatable bonds is 5. The fourth-order valence-electron chi connectivity index (χ4n) is 2.92. The molecule has 0 radical (unpaired) electrons. The van der Waals surface area contributed by atoms with Crippen LogP contribution in [0.2, 0.25) is 0 Å². The van der Waals surface area contributed by atoms with Gasteiger partial charge in [0.2, 0.25) is 11.8 Å². The van der Waals surface area contributed by atoms with Crippen molar-refractivity contribution in [2.24, 2.45) is 0 Å². The van der Waals surface area contributed by atoms with Gasteiger partial charge in [-0.15, -0.1) is 0 Å². The van der Waals surface area contributed by atoms with Crippen molar-refractivity contribution in [1.29, 1.82) is 0 Å². The van der Waals surface area contributed by atoms with Crippen molar-refractivity contribution < 1.29 is 17.9 Å². The Morgan fingerprint density at radius 2 is 1.76 bits per heavy atom. The van der Waals surface area contributed by atoms with E-state index >= 15 is 0 Å². The zero-order chi connectivity index (χ0) is 20.5. The Balaban J connectivity index is 1.72. The zero-order valence-corrected chi connectivity index (χ0v) is 15.1. The Morgan fingerprint density at radius 3 is 2.48 bits per heavy atom. The minimum absolute atomic E-state index is 0.00582. The van der Waals surface area contributed by atoms with Gasteiger partial charge in [0, 0.05) is 5.69 Å². The van der Waals surface area contributed by atoms with Gasteiger partial charge in [-0.05, 0) is 43.3 Å². The molecule has 4 aromatic rings. The second kappa shape index (κ2) is 7.30. The molecular formula is C19H15F3N6O. The lowest BCUT2D eigenvalue weighted by Crippen LogP contribution is -2.11. The molecule has 0 aliphatic rings. The summed E-state index contributed by atoms with van der Waals surface area (Å²) in [6.07, 6.45) is 0. The molecule has 0 saturated heterocycles. The monoisotopic (exact) mass is 400 g/mol. The third-order valence-corrected chi connectivity index (χ3v) is 4.14. The SMILES string of the molecule is Cc1nc2ccccc2n1-c1nc(Nc2ccc(OC(F)F)cc2)nc(N)c1F. The molecule has 3 N–H and O–H groups in total. The number of ether oxygens (including phenoxy) is 1. The van der Waals surface area contributed by atoms with Gasteiger partial charge in [-0.1, -0.05) is 12.1 Å². The van der Waals surface area contributed by atoms with Gasteiger partial charge in [0.1, 0.15) is 11.6 Å². The highest BCUT2D eigenvalue weighted by molar-refractivity contribution is 5.78. The van der Waals surface area contributed by atoms with E-state index in [-0.39, 0.29) is 23.3 Å². The highest BCUT2D eigenvalue weighted by Gasteiger charge is 2.18. The highest BCUT2D eigenvalue weighted by atomic mass is 19.3. The molecular weight excluding hydrogens is 385 g/mol. The van der Waals surface area contributed by atoms with Crippen LogP contribution in [0.5, 0.6) is 5.75 Å². The summed E-state index contributed by atoms with van der Waals surface area (Å²) in [5.41, 5.74) is 7.59. The number of aryl methyl sites for hydroxylation is 1. The number of aromatic nitrogens is 4. The van der Waals surface area contributed by atoms with Crippen LogP contribution >= 0.6 is 0 Å². The van der Waals surface area contributed by atoms with Crippen LogP contribution in [0.15, 0.2) is 48.5 Å². The van der Waals surface area contributed by atoms with Crippen LogP contribution in [-0.4, -0.2) is 26.1 Å². The quantitative estimate of drug-likeness (QED) is 0.522. The van der Waals surface area contributed by atoms with Crippen LogP contribution < -0.4 is 15.8 Å². The minimum atomic E-state index is -2.91. The van der Waals surface area contributed by atoms with Crippen LogP contribution in [-0.2, 0) is 0 Å². The van der Waals surface area contributed by atoms with Crippen molar-refractivity contribution in [3.05, 3.63) is 60.2 Å². The molecule has 0 aliphatic heterocycles. The van der Waals surface area contributed by atoms with E-state index in [1.54, 1.807) is 17.6 Å². The number of fused-ring (bicyclic) bond motifs is 1. The molecule has 2 aromatic heterocycles. The summed E-state index contributed by atoms with van der Waals surface area (Å²) < 4.78 is 45.1. The Bertz CT molecular complexity index is 1180. The van der Waals surface area contributed by atoms with Gasteiger partial charge in [-0.2, -0.15) is 23.1 Å². The van der Waals surface area contributed by atoms with E-state index in [0.29, 0.717) is 22.5 Å². The van der Waals surface area contributed by atoms with Crippen LogP contribution in [0.1, 0.15) is 5.82 Å². The molecule has 29 heavy (non-hydrogen) atoms. The lowest BCUT2D eigenvalue weighted by atomic mass is 10.3. The molecule has 0 atom stereocenters. The minimum Gasteiger partial charge on any atom is -0.435 e. The molecule has 0 fully saturated rings. The molecule has 7 nitrogen and oxygen atoms in total. The Morgan fingerprint density at radius 1 is 1.03 bits per heavy atom. The van der Waals surface area contributed by atoms with Gasteiger partial charge in [0.15, 0.2) is 11.6 Å². The van der Waals surface area contributed by atoms with Crippen molar-refractivity contribution in [3.8, 4) is 11.6 Å². The van der Waals surface area contributed by atoms with E-state index < -0.39 is 12.4 Å². The van der Waals surface area contributed by atoms with Gasteiger partial charge < -0.3 is 15.8 Å². The molecule has 10 heteroatoms. The number of para-hydroxylation sites is 2. The van der Waals surface area contributed by atoms with E-state index in [1.165, 1.54) is 24.3 Å². The number of halogens is 3. The van der Waals surface area contributed by atoms with Gasteiger partial charge in [0.25, 0.3) is 0 Å². The number of nitrogens with zero attached hydrogens (tertiary/aromatic N) is 4. The molecule has 4 rings (SSSR count). The number of nitrogen functional groups attached to an aromatic ring is 1. The molecule has 0 bridgehead atoms.